The average molecular weight is 251 g/mol. The summed E-state index contributed by atoms with van der Waals surface area (Å²) in [5.74, 6) is 0. The van der Waals surface area contributed by atoms with Crippen LogP contribution in [0.2, 0.25) is 0 Å². The van der Waals surface area contributed by atoms with Gasteiger partial charge in [0.25, 0.3) is 0 Å². The second-order valence-electron chi connectivity index (χ2n) is 5.11. The van der Waals surface area contributed by atoms with Crippen molar-refractivity contribution in [1.29, 1.82) is 0 Å². The third-order valence-corrected chi connectivity index (χ3v) is 2.26. The van der Waals surface area contributed by atoms with Crippen molar-refractivity contribution < 1.29 is 14.6 Å². The number of amides is 1. The Hall–Kier alpha value is -1.55. The van der Waals surface area contributed by atoms with Gasteiger partial charge in [-0.25, -0.2) is 4.79 Å². The van der Waals surface area contributed by atoms with Crippen molar-refractivity contribution in [2.75, 3.05) is 11.9 Å². The summed E-state index contributed by atoms with van der Waals surface area (Å²) in [6.07, 6.45) is 0.939. The minimum absolute atomic E-state index is 0.140. The number of ether oxygens (including phenoxy) is 1. The lowest BCUT2D eigenvalue weighted by Crippen LogP contribution is -2.27. The zero-order chi connectivity index (χ0) is 13.6. The highest BCUT2D eigenvalue weighted by atomic mass is 16.6. The number of hydrogen-bond donors (Lipinski definition) is 2. The Morgan fingerprint density at radius 1 is 1.33 bits per heavy atom. The van der Waals surface area contributed by atoms with E-state index < -0.39 is 11.7 Å². The largest absolute Gasteiger partial charge is 0.444 e. The van der Waals surface area contributed by atoms with Crippen LogP contribution < -0.4 is 5.32 Å². The molecule has 0 radical (unpaired) electrons. The fourth-order valence-electron chi connectivity index (χ4n) is 1.54. The molecule has 18 heavy (non-hydrogen) atoms. The lowest BCUT2D eigenvalue weighted by molar-refractivity contribution is 0.0636. The summed E-state index contributed by atoms with van der Waals surface area (Å²) in [6.45, 7) is 5.61. The molecule has 0 saturated carbocycles. The van der Waals surface area contributed by atoms with Crippen molar-refractivity contribution >= 4 is 11.8 Å². The first-order valence-electron chi connectivity index (χ1n) is 6.11. The van der Waals surface area contributed by atoms with E-state index in [-0.39, 0.29) is 6.61 Å². The Bertz CT molecular complexity index is 396. The van der Waals surface area contributed by atoms with Crippen molar-refractivity contribution in [3.63, 3.8) is 0 Å². The summed E-state index contributed by atoms with van der Waals surface area (Å²) >= 11 is 0. The molecule has 0 atom stereocenters. The number of benzene rings is 1. The lowest BCUT2D eigenvalue weighted by Gasteiger charge is -2.20. The van der Waals surface area contributed by atoms with Crippen molar-refractivity contribution in [1.82, 2.24) is 0 Å². The molecule has 1 rings (SSSR count). The van der Waals surface area contributed by atoms with E-state index in [0.717, 1.165) is 17.7 Å². The second-order valence-corrected chi connectivity index (χ2v) is 5.11. The van der Waals surface area contributed by atoms with Gasteiger partial charge in [0.15, 0.2) is 0 Å². The number of aryl methyl sites for hydroxylation is 1. The van der Waals surface area contributed by atoms with Crippen LogP contribution in [0.3, 0.4) is 0 Å². The van der Waals surface area contributed by atoms with Crippen LogP contribution in [0.15, 0.2) is 24.3 Å². The summed E-state index contributed by atoms with van der Waals surface area (Å²) in [5.41, 5.74) is 1.22. The Balaban J connectivity index is 2.68. The highest BCUT2D eigenvalue weighted by Gasteiger charge is 2.16. The molecule has 0 aliphatic heterocycles. The van der Waals surface area contributed by atoms with Crippen LogP contribution in [-0.2, 0) is 11.2 Å². The maximum absolute atomic E-state index is 11.7. The molecule has 0 aliphatic rings. The molecule has 1 aromatic carbocycles. The lowest BCUT2D eigenvalue weighted by atomic mass is 10.1. The van der Waals surface area contributed by atoms with Gasteiger partial charge in [0.2, 0.25) is 0 Å². The molecule has 4 nitrogen and oxygen atoms in total. The molecule has 0 fully saturated rings. The third kappa shape index (κ3) is 5.19. The third-order valence-electron chi connectivity index (χ3n) is 2.26. The highest BCUT2D eigenvalue weighted by Crippen LogP contribution is 2.18. The zero-order valence-corrected chi connectivity index (χ0v) is 11.2. The van der Waals surface area contributed by atoms with Gasteiger partial charge in [0, 0.05) is 12.3 Å². The van der Waals surface area contributed by atoms with Gasteiger partial charge in [-0.3, -0.25) is 5.32 Å². The molecule has 2 N–H and O–H groups in total. The summed E-state index contributed by atoms with van der Waals surface area (Å²) in [6, 6.07) is 7.53. The molecule has 0 aliphatic carbocycles. The summed E-state index contributed by atoms with van der Waals surface area (Å²) in [7, 11) is 0. The first kappa shape index (κ1) is 14.5. The van der Waals surface area contributed by atoms with E-state index >= 15 is 0 Å². The molecule has 0 aromatic heterocycles. The van der Waals surface area contributed by atoms with Gasteiger partial charge in [-0.1, -0.05) is 18.2 Å². The molecular weight excluding hydrogens is 230 g/mol. The minimum Gasteiger partial charge on any atom is -0.444 e. The van der Waals surface area contributed by atoms with Gasteiger partial charge in [0.1, 0.15) is 5.60 Å². The number of para-hydroxylation sites is 1. The average Bonchev–Trinajstić information content (AvgIpc) is 2.25. The second kappa shape index (κ2) is 6.40. The van der Waals surface area contributed by atoms with Crippen molar-refractivity contribution in [3.8, 4) is 0 Å². The van der Waals surface area contributed by atoms with E-state index in [1.807, 2.05) is 45.0 Å². The van der Waals surface area contributed by atoms with Crippen LogP contribution in [0.4, 0.5) is 10.5 Å². The molecule has 100 valence electrons. The molecule has 1 amide bonds. The Kier molecular flexibility index (Phi) is 5.16. The highest BCUT2D eigenvalue weighted by molar-refractivity contribution is 5.85. The molecular formula is C14H21NO3. The van der Waals surface area contributed by atoms with E-state index in [9.17, 15) is 4.79 Å². The van der Waals surface area contributed by atoms with Crippen LogP contribution in [0.1, 0.15) is 32.8 Å². The minimum atomic E-state index is -0.510. The number of carbonyl (C=O) groups is 1. The monoisotopic (exact) mass is 251 g/mol. The van der Waals surface area contributed by atoms with Crippen molar-refractivity contribution in [2.24, 2.45) is 0 Å². The van der Waals surface area contributed by atoms with Gasteiger partial charge in [0.05, 0.1) is 0 Å². The normalized spacial score (nSPS) is 11.1. The van der Waals surface area contributed by atoms with E-state index in [0.29, 0.717) is 6.42 Å². The Labute approximate surface area is 108 Å². The first-order valence-corrected chi connectivity index (χ1v) is 6.11. The number of carbonyl (C=O) groups excluding carboxylic acids is 1. The number of nitrogens with one attached hydrogen (secondary N) is 1. The van der Waals surface area contributed by atoms with E-state index in [1.165, 1.54) is 0 Å². The number of rotatable bonds is 4. The van der Waals surface area contributed by atoms with Crippen molar-refractivity contribution in [3.05, 3.63) is 29.8 Å². The predicted molar refractivity (Wildman–Crippen MR) is 71.7 cm³/mol. The SMILES string of the molecule is CC(C)(C)OC(=O)Nc1ccccc1CCCO. The molecule has 0 bridgehead atoms. The van der Waals surface area contributed by atoms with Crippen LogP contribution in [-0.4, -0.2) is 23.4 Å². The maximum atomic E-state index is 11.7. The van der Waals surface area contributed by atoms with Crippen LogP contribution in [0.25, 0.3) is 0 Å². The van der Waals surface area contributed by atoms with E-state index in [2.05, 4.69) is 5.32 Å². The predicted octanol–water partition coefficient (Wildman–Crippen LogP) is 2.96. The Morgan fingerprint density at radius 2 is 2.00 bits per heavy atom. The fourth-order valence-corrected chi connectivity index (χ4v) is 1.54. The topological polar surface area (TPSA) is 58.6 Å². The smallest absolute Gasteiger partial charge is 0.412 e. The molecule has 0 saturated heterocycles. The maximum Gasteiger partial charge on any atom is 0.412 e. The van der Waals surface area contributed by atoms with Crippen LogP contribution in [0, 0.1) is 0 Å². The van der Waals surface area contributed by atoms with Gasteiger partial charge in [-0.05, 0) is 45.2 Å². The molecule has 0 unspecified atom stereocenters. The van der Waals surface area contributed by atoms with Crippen LogP contribution >= 0.6 is 0 Å². The van der Waals surface area contributed by atoms with E-state index in [1.54, 1.807) is 0 Å². The van der Waals surface area contributed by atoms with Gasteiger partial charge >= 0.3 is 6.09 Å². The number of hydrogen-bond acceptors (Lipinski definition) is 3. The van der Waals surface area contributed by atoms with Crippen molar-refractivity contribution in [2.45, 2.75) is 39.2 Å². The van der Waals surface area contributed by atoms with E-state index in [4.69, 9.17) is 9.84 Å². The standard InChI is InChI=1S/C14H21NO3/c1-14(2,3)18-13(17)15-12-9-5-4-7-11(12)8-6-10-16/h4-5,7,9,16H,6,8,10H2,1-3H3,(H,15,17). The summed E-state index contributed by atoms with van der Waals surface area (Å²) in [4.78, 5) is 11.7. The van der Waals surface area contributed by atoms with Gasteiger partial charge in [-0.15, -0.1) is 0 Å². The number of aliphatic hydroxyl groups excluding tert-OH is 1. The number of anilines is 1. The number of aliphatic hydroxyl groups is 1. The van der Waals surface area contributed by atoms with Gasteiger partial charge < -0.3 is 9.84 Å². The Morgan fingerprint density at radius 3 is 2.61 bits per heavy atom. The van der Waals surface area contributed by atoms with Gasteiger partial charge in [-0.2, -0.15) is 0 Å². The molecule has 0 spiro atoms. The first-order chi connectivity index (χ1) is 8.42. The zero-order valence-electron chi connectivity index (χ0n) is 11.2. The summed E-state index contributed by atoms with van der Waals surface area (Å²) in [5, 5.41) is 11.6. The molecule has 4 heteroatoms. The fraction of sp³-hybridized carbons (Fsp3) is 0.500. The quantitative estimate of drug-likeness (QED) is 0.865. The molecule has 0 heterocycles. The van der Waals surface area contributed by atoms with Crippen LogP contribution in [0.5, 0.6) is 0 Å². The molecule has 1 aromatic rings. The summed E-state index contributed by atoms with van der Waals surface area (Å²) < 4.78 is 5.20.